The van der Waals surface area contributed by atoms with E-state index in [4.69, 9.17) is 9.26 Å². The topological polar surface area (TPSA) is 84.7 Å². The fourth-order valence-electron chi connectivity index (χ4n) is 2.50. The Morgan fingerprint density at radius 3 is 2.71 bits per heavy atom. The number of rotatable bonds is 3. The number of aromatic nitrogens is 1. The van der Waals surface area contributed by atoms with E-state index >= 15 is 0 Å². The van der Waals surface area contributed by atoms with E-state index in [1.54, 1.807) is 25.8 Å². The van der Waals surface area contributed by atoms with Gasteiger partial charge in [0.2, 0.25) is 5.91 Å². The lowest BCUT2D eigenvalue weighted by atomic mass is 10.0. The van der Waals surface area contributed by atoms with Gasteiger partial charge in [0.15, 0.2) is 5.60 Å². The van der Waals surface area contributed by atoms with Gasteiger partial charge < -0.3 is 19.5 Å². The number of ether oxygens (including phenoxy) is 1. The molecule has 1 N–H and O–H groups in total. The fraction of sp³-hybridized carbons (Fsp3) is 0.643. The number of hydrogen-bond acceptors (Lipinski definition) is 5. The Bertz CT molecular complexity index is 535. The number of aryl methyl sites for hydroxylation is 2. The molecule has 21 heavy (non-hydrogen) atoms. The highest BCUT2D eigenvalue weighted by Crippen LogP contribution is 2.20. The number of morpholine rings is 1. The van der Waals surface area contributed by atoms with E-state index in [0.717, 1.165) is 11.3 Å². The predicted molar refractivity (Wildman–Crippen MR) is 74.7 cm³/mol. The van der Waals surface area contributed by atoms with Crippen molar-refractivity contribution in [2.24, 2.45) is 0 Å². The zero-order valence-corrected chi connectivity index (χ0v) is 12.9. The van der Waals surface area contributed by atoms with Crippen LogP contribution in [0.1, 0.15) is 23.9 Å². The lowest BCUT2D eigenvalue weighted by Crippen LogP contribution is -2.59. The molecule has 1 aromatic rings. The summed E-state index contributed by atoms with van der Waals surface area (Å²) in [6.07, 6.45) is 0.227. The first kappa shape index (κ1) is 15.5. The van der Waals surface area contributed by atoms with Gasteiger partial charge in [0.05, 0.1) is 25.3 Å². The zero-order chi connectivity index (χ0) is 15.6. The normalized spacial score (nSPS) is 22.2. The summed E-state index contributed by atoms with van der Waals surface area (Å²) in [7, 11) is 1.56. The van der Waals surface area contributed by atoms with Crippen molar-refractivity contribution in [3.8, 4) is 0 Å². The summed E-state index contributed by atoms with van der Waals surface area (Å²) in [6.45, 7) is 6.37. The number of nitrogens with one attached hydrogen (secondary N) is 1. The maximum Gasteiger partial charge on any atom is 0.253 e. The first-order valence-corrected chi connectivity index (χ1v) is 6.93. The van der Waals surface area contributed by atoms with Crippen molar-refractivity contribution in [1.82, 2.24) is 15.4 Å². The molecule has 0 aliphatic carbocycles. The Kier molecular flexibility index (Phi) is 4.32. The van der Waals surface area contributed by atoms with Gasteiger partial charge in [0.25, 0.3) is 5.91 Å². The molecule has 0 aromatic carbocycles. The molecule has 1 unspecified atom stereocenters. The van der Waals surface area contributed by atoms with E-state index in [9.17, 15) is 9.59 Å². The van der Waals surface area contributed by atoms with E-state index in [0.29, 0.717) is 18.9 Å². The van der Waals surface area contributed by atoms with Crippen LogP contribution in [0.25, 0.3) is 0 Å². The first-order chi connectivity index (χ1) is 9.87. The van der Waals surface area contributed by atoms with E-state index in [1.165, 1.54) is 0 Å². The molecule has 0 radical (unpaired) electrons. The molecule has 1 saturated heterocycles. The highest BCUT2D eigenvalue weighted by Gasteiger charge is 2.40. The molecular weight excluding hydrogens is 274 g/mol. The van der Waals surface area contributed by atoms with Crippen molar-refractivity contribution in [3.63, 3.8) is 0 Å². The second kappa shape index (κ2) is 5.85. The van der Waals surface area contributed by atoms with Crippen molar-refractivity contribution in [2.75, 3.05) is 26.7 Å². The highest BCUT2D eigenvalue weighted by molar-refractivity contribution is 5.86. The number of likely N-dealkylation sites (N-methyl/N-ethyl adjacent to an activating group) is 1. The maximum absolute atomic E-state index is 12.4. The minimum Gasteiger partial charge on any atom is -0.362 e. The summed E-state index contributed by atoms with van der Waals surface area (Å²) in [5.74, 6) is 0.378. The third-order valence-electron chi connectivity index (χ3n) is 3.84. The molecule has 7 nitrogen and oxygen atoms in total. The van der Waals surface area contributed by atoms with Crippen LogP contribution < -0.4 is 5.32 Å². The van der Waals surface area contributed by atoms with Crippen LogP contribution in [-0.4, -0.2) is 54.2 Å². The fourth-order valence-corrected chi connectivity index (χ4v) is 2.50. The van der Waals surface area contributed by atoms with Gasteiger partial charge in [0, 0.05) is 19.2 Å². The second-order valence-corrected chi connectivity index (χ2v) is 5.45. The van der Waals surface area contributed by atoms with E-state index in [1.807, 2.05) is 6.92 Å². The lowest BCUT2D eigenvalue weighted by molar-refractivity contribution is -0.162. The van der Waals surface area contributed by atoms with Crippen molar-refractivity contribution in [1.29, 1.82) is 0 Å². The summed E-state index contributed by atoms with van der Waals surface area (Å²) < 4.78 is 10.6. The standard InChI is InChI=1S/C14H21N3O4/c1-9-11(10(2)21-16-9)7-12(18)17-5-6-20-14(3,8-17)13(19)15-4/h5-8H2,1-4H3,(H,15,19). The summed E-state index contributed by atoms with van der Waals surface area (Å²) in [5.41, 5.74) is 0.540. The molecule has 0 spiro atoms. The van der Waals surface area contributed by atoms with Crippen molar-refractivity contribution in [2.45, 2.75) is 32.8 Å². The van der Waals surface area contributed by atoms with Gasteiger partial charge in [-0.15, -0.1) is 0 Å². The smallest absolute Gasteiger partial charge is 0.253 e. The monoisotopic (exact) mass is 295 g/mol. The van der Waals surface area contributed by atoms with Crippen LogP contribution >= 0.6 is 0 Å². The first-order valence-electron chi connectivity index (χ1n) is 6.93. The third kappa shape index (κ3) is 3.07. The molecule has 116 valence electrons. The minimum atomic E-state index is -0.999. The largest absolute Gasteiger partial charge is 0.362 e. The van der Waals surface area contributed by atoms with Crippen LogP contribution in [0.4, 0.5) is 0 Å². The van der Waals surface area contributed by atoms with E-state index in [-0.39, 0.29) is 24.8 Å². The number of nitrogens with zero attached hydrogens (tertiary/aromatic N) is 2. The second-order valence-electron chi connectivity index (χ2n) is 5.45. The molecule has 1 fully saturated rings. The summed E-state index contributed by atoms with van der Waals surface area (Å²) in [4.78, 5) is 26.0. The van der Waals surface area contributed by atoms with Gasteiger partial charge in [0.1, 0.15) is 5.76 Å². The quantitative estimate of drug-likeness (QED) is 0.861. The van der Waals surface area contributed by atoms with Crippen LogP contribution in [-0.2, 0) is 20.7 Å². The number of hydrogen-bond donors (Lipinski definition) is 1. The number of carbonyl (C=O) groups excluding carboxylic acids is 2. The molecule has 7 heteroatoms. The Balaban J connectivity index is 2.08. The number of amides is 2. The SMILES string of the molecule is CNC(=O)C1(C)CN(C(=O)Cc2c(C)noc2C)CCO1. The molecule has 1 aliphatic rings. The Labute approximate surface area is 123 Å². The average Bonchev–Trinajstić information content (AvgIpc) is 2.78. The molecule has 1 atom stereocenters. The van der Waals surface area contributed by atoms with Crippen LogP contribution in [0.3, 0.4) is 0 Å². The Morgan fingerprint density at radius 1 is 1.43 bits per heavy atom. The van der Waals surface area contributed by atoms with Gasteiger partial charge in [-0.25, -0.2) is 0 Å². The molecule has 0 bridgehead atoms. The van der Waals surface area contributed by atoms with Gasteiger partial charge in [-0.05, 0) is 20.8 Å². The van der Waals surface area contributed by atoms with Gasteiger partial charge in [-0.3, -0.25) is 9.59 Å². The molecule has 2 rings (SSSR count). The summed E-state index contributed by atoms with van der Waals surface area (Å²) in [6, 6.07) is 0. The Hall–Kier alpha value is -1.89. The zero-order valence-electron chi connectivity index (χ0n) is 12.9. The molecule has 2 amide bonds. The summed E-state index contributed by atoms with van der Waals surface area (Å²) in [5, 5.41) is 6.42. The lowest BCUT2D eigenvalue weighted by Gasteiger charge is -2.39. The highest BCUT2D eigenvalue weighted by atomic mass is 16.5. The predicted octanol–water partition coefficient (Wildman–Crippen LogP) is 0.197. The molecule has 1 aromatic heterocycles. The summed E-state index contributed by atoms with van der Waals surface area (Å²) >= 11 is 0. The maximum atomic E-state index is 12.4. The van der Waals surface area contributed by atoms with Crippen LogP contribution in [0.15, 0.2) is 4.52 Å². The van der Waals surface area contributed by atoms with Crippen LogP contribution in [0.2, 0.25) is 0 Å². The van der Waals surface area contributed by atoms with Crippen LogP contribution in [0.5, 0.6) is 0 Å². The van der Waals surface area contributed by atoms with Gasteiger partial charge in [-0.1, -0.05) is 5.16 Å². The minimum absolute atomic E-state index is 0.0529. The van der Waals surface area contributed by atoms with Crippen molar-refractivity contribution < 1.29 is 18.8 Å². The third-order valence-corrected chi connectivity index (χ3v) is 3.84. The molecular formula is C14H21N3O4. The van der Waals surface area contributed by atoms with Crippen molar-refractivity contribution >= 4 is 11.8 Å². The van der Waals surface area contributed by atoms with Crippen LogP contribution in [0, 0.1) is 13.8 Å². The molecule has 0 saturated carbocycles. The van der Waals surface area contributed by atoms with Gasteiger partial charge >= 0.3 is 0 Å². The van der Waals surface area contributed by atoms with Crippen molar-refractivity contribution in [3.05, 3.63) is 17.0 Å². The van der Waals surface area contributed by atoms with E-state index < -0.39 is 5.60 Å². The van der Waals surface area contributed by atoms with E-state index in [2.05, 4.69) is 10.5 Å². The molecule has 1 aliphatic heterocycles. The average molecular weight is 295 g/mol. The number of carbonyl (C=O) groups is 2. The van der Waals surface area contributed by atoms with Gasteiger partial charge in [-0.2, -0.15) is 0 Å². The Morgan fingerprint density at radius 2 is 2.14 bits per heavy atom. The molecule has 2 heterocycles.